The van der Waals surface area contributed by atoms with Crippen molar-refractivity contribution in [2.45, 2.75) is 32.1 Å². The number of ether oxygens (including phenoxy) is 1. The topological polar surface area (TPSA) is 62.3 Å². The molecule has 5 nitrogen and oxygen atoms in total. The first-order chi connectivity index (χ1) is 14.8. The lowest BCUT2D eigenvalue weighted by Gasteiger charge is -2.19. The summed E-state index contributed by atoms with van der Waals surface area (Å²) in [5.41, 5.74) is 2.56. The second-order valence-corrected chi connectivity index (χ2v) is 7.69. The van der Waals surface area contributed by atoms with E-state index in [0.717, 1.165) is 29.7 Å². The Morgan fingerprint density at radius 3 is 2.61 bits per heavy atom. The van der Waals surface area contributed by atoms with Gasteiger partial charge < -0.3 is 14.2 Å². The SMILES string of the molecule is Cl.N#C/C(=C\c1ccccc1OCCCN1CCCCCC1)c1noc2ccccc12. The molecule has 0 unspecified atom stereocenters. The fourth-order valence-corrected chi connectivity index (χ4v) is 3.95. The Balaban J connectivity index is 0.00000272. The van der Waals surface area contributed by atoms with Gasteiger partial charge in [0, 0.05) is 12.1 Å². The van der Waals surface area contributed by atoms with Crippen LogP contribution in [0, 0.1) is 11.3 Å². The van der Waals surface area contributed by atoms with Crippen LogP contribution in [0.5, 0.6) is 5.75 Å². The van der Waals surface area contributed by atoms with Crippen LogP contribution in [0.15, 0.2) is 53.1 Å². The van der Waals surface area contributed by atoms with Gasteiger partial charge >= 0.3 is 0 Å². The fourth-order valence-electron chi connectivity index (χ4n) is 3.95. The lowest BCUT2D eigenvalue weighted by Crippen LogP contribution is -2.26. The van der Waals surface area contributed by atoms with Gasteiger partial charge in [-0.1, -0.05) is 48.3 Å². The molecule has 0 radical (unpaired) electrons. The van der Waals surface area contributed by atoms with Gasteiger partial charge in [-0.25, -0.2) is 0 Å². The number of rotatable bonds is 7. The molecule has 31 heavy (non-hydrogen) atoms. The first-order valence-electron chi connectivity index (χ1n) is 10.8. The van der Waals surface area contributed by atoms with Crippen LogP contribution in [0.1, 0.15) is 43.4 Å². The van der Waals surface area contributed by atoms with Crippen LogP contribution in [-0.2, 0) is 0 Å². The summed E-state index contributed by atoms with van der Waals surface area (Å²) in [6.45, 7) is 4.15. The van der Waals surface area contributed by atoms with Crippen LogP contribution in [0.3, 0.4) is 0 Å². The van der Waals surface area contributed by atoms with Gasteiger partial charge in [-0.2, -0.15) is 5.26 Å². The van der Waals surface area contributed by atoms with E-state index in [1.54, 1.807) is 0 Å². The van der Waals surface area contributed by atoms with Crippen molar-refractivity contribution in [3.05, 3.63) is 59.8 Å². The molecular weight excluding hydrogens is 410 g/mol. The smallest absolute Gasteiger partial charge is 0.167 e. The van der Waals surface area contributed by atoms with E-state index < -0.39 is 0 Å². The minimum atomic E-state index is 0. The number of para-hydroxylation sites is 2. The van der Waals surface area contributed by atoms with E-state index in [0.29, 0.717) is 23.5 Å². The number of hydrogen-bond donors (Lipinski definition) is 0. The van der Waals surface area contributed by atoms with Gasteiger partial charge in [0.15, 0.2) is 5.58 Å². The summed E-state index contributed by atoms with van der Waals surface area (Å²) >= 11 is 0. The van der Waals surface area contributed by atoms with Crippen molar-refractivity contribution in [1.82, 2.24) is 10.1 Å². The molecule has 6 heteroatoms. The molecule has 1 aromatic heterocycles. The Morgan fingerprint density at radius 1 is 1.06 bits per heavy atom. The molecule has 1 saturated heterocycles. The maximum atomic E-state index is 9.74. The van der Waals surface area contributed by atoms with Crippen molar-refractivity contribution in [3.8, 4) is 11.8 Å². The summed E-state index contributed by atoms with van der Waals surface area (Å²) in [7, 11) is 0. The number of nitriles is 1. The molecule has 1 fully saturated rings. The van der Waals surface area contributed by atoms with E-state index in [1.807, 2.05) is 54.6 Å². The van der Waals surface area contributed by atoms with Crippen molar-refractivity contribution in [2.75, 3.05) is 26.2 Å². The van der Waals surface area contributed by atoms with Crippen LogP contribution in [0.25, 0.3) is 22.6 Å². The minimum Gasteiger partial charge on any atom is -0.493 e. The lowest BCUT2D eigenvalue weighted by molar-refractivity contribution is 0.240. The summed E-state index contributed by atoms with van der Waals surface area (Å²) < 4.78 is 11.5. The lowest BCUT2D eigenvalue weighted by atomic mass is 10.1. The predicted molar refractivity (Wildman–Crippen MR) is 126 cm³/mol. The van der Waals surface area contributed by atoms with E-state index in [1.165, 1.54) is 38.8 Å². The van der Waals surface area contributed by atoms with Gasteiger partial charge in [0.1, 0.15) is 17.5 Å². The Labute approximate surface area is 189 Å². The van der Waals surface area contributed by atoms with E-state index in [9.17, 15) is 5.26 Å². The summed E-state index contributed by atoms with van der Waals surface area (Å²) in [6.07, 6.45) is 8.15. The Kier molecular flexibility index (Phi) is 8.52. The normalized spacial score (nSPS) is 15.1. The average Bonchev–Trinajstić information content (AvgIpc) is 3.03. The summed E-state index contributed by atoms with van der Waals surface area (Å²) in [4.78, 5) is 2.55. The molecule has 2 heterocycles. The highest BCUT2D eigenvalue weighted by molar-refractivity contribution is 5.99. The first kappa shape index (κ1) is 22.9. The van der Waals surface area contributed by atoms with Gasteiger partial charge in [-0.05, 0) is 56.6 Å². The van der Waals surface area contributed by atoms with Crippen LogP contribution >= 0.6 is 12.4 Å². The third-order valence-corrected chi connectivity index (χ3v) is 5.55. The van der Waals surface area contributed by atoms with Gasteiger partial charge in [0.05, 0.1) is 17.6 Å². The summed E-state index contributed by atoms with van der Waals surface area (Å²) in [6, 6.07) is 17.7. The molecule has 0 aliphatic carbocycles. The molecular formula is C25H28ClN3O2. The highest BCUT2D eigenvalue weighted by Gasteiger charge is 2.13. The molecule has 1 aliphatic rings. The molecule has 3 aromatic rings. The van der Waals surface area contributed by atoms with Crippen molar-refractivity contribution >= 4 is 35.0 Å². The van der Waals surface area contributed by atoms with Crippen LogP contribution in [-0.4, -0.2) is 36.3 Å². The first-order valence-corrected chi connectivity index (χ1v) is 10.8. The zero-order valence-corrected chi connectivity index (χ0v) is 18.4. The molecule has 0 saturated carbocycles. The Hall–Kier alpha value is -2.81. The van der Waals surface area contributed by atoms with Gasteiger partial charge in [-0.3, -0.25) is 0 Å². The van der Waals surface area contributed by atoms with Crippen molar-refractivity contribution < 1.29 is 9.26 Å². The summed E-state index contributed by atoms with van der Waals surface area (Å²) in [5.74, 6) is 0.786. The molecule has 1 aliphatic heterocycles. The number of fused-ring (bicyclic) bond motifs is 1. The number of hydrogen-bond acceptors (Lipinski definition) is 5. The molecule has 0 atom stereocenters. The Morgan fingerprint density at radius 2 is 1.81 bits per heavy atom. The largest absolute Gasteiger partial charge is 0.493 e. The standard InChI is InChI=1S/C25H27N3O2.ClH/c26-19-21(25-22-11-4-6-13-24(22)30-27-25)18-20-10-3-5-12-23(20)29-17-9-16-28-14-7-1-2-8-15-28;/h3-6,10-13,18H,1-2,7-9,14-17H2;1H/b21-18+;. The Bertz CT molecular complexity index is 1050. The molecule has 2 aromatic carbocycles. The van der Waals surface area contributed by atoms with Crippen molar-refractivity contribution in [3.63, 3.8) is 0 Å². The monoisotopic (exact) mass is 437 g/mol. The average molecular weight is 438 g/mol. The van der Waals surface area contributed by atoms with E-state index in [-0.39, 0.29) is 12.4 Å². The van der Waals surface area contributed by atoms with Crippen LogP contribution in [0.4, 0.5) is 0 Å². The number of likely N-dealkylation sites (tertiary alicyclic amines) is 1. The maximum absolute atomic E-state index is 9.74. The number of allylic oxidation sites excluding steroid dienone is 1. The van der Waals surface area contributed by atoms with Crippen LogP contribution < -0.4 is 4.74 Å². The second-order valence-electron chi connectivity index (χ2n) is 7.69. The highest BCUT2D eigenvalue weighted by Crippen LogP contribution is 2.28. The zero-order valence-electron chi connectivity index (χ0n) is 17.6. The number of halogens is 1. The highest BCUT2D eigenvalue weighted by atomic mass is 35.5. The predicted octanol–water partition coefficient (Wildman–Crippen LogP) is 5.96. The minimum absolute atomic E-state index is 0. The molecule has 4 rings (SSSR count). The van der Waals surface area contributed by atoms with Gasteiger partial charge in [0.2, 0.25) is 0 Å². The molecule has 0 amide bonds. The number of nitrogens with zero attached hydrogens (tertiary/aromatic N) is 3. The van der Waals surface area contributed by atoms with Crippen molar-refractivity contribution in [2.24, 2.45) is 0 Å². The zero-order chi connectivity index (χ0) is 20.6. The third kappa shape index (κ3) is 5.88. The second kappa shape index (κ2) is 11.5. The van der Waals surface area contributed by atoms with E-state index in [2.05, 4.69) is 16.1 Å². The van der Waals surface area contributed by atoms with E-state index >= 15 is 0 Å². The number of benzene rings is 2. The quantitative estimate of drug-likeness (QED) is 0.337. The van der Waals surface area contributed by atoms with E-state index in [4.69, 9.17) is 9.26 Å². The van der Waals surface area contributed by atoms with Gasteiger partial charge in [-0.15, -0.1) is 12.4 Å². The maximum Gasteiger partial charge on any atom is 0.167 e. The fraction of sp³-hybridized carbons (Fsp3) is 0.360. The summed E-state index contributed by atoms with van der Waals surface area (Å²) in [5, 5.41) is 14.7. The molecule has 0 spiro atoms. The number of aromatic nitrogens is 1. The molecule has 0 bridgehead atoms. The molecule has 162 valence electrons. The molecule has 0 N–H and O–H groups in total. The van der Waals surface area contributed by atoms with Gasteiger partial charge in [0.25, 0.3) is 0 Å². The van der Waals surface area contributed by atoms with Crippen molar-refractivity contribution in [1.29, 1.82) is 5.26 Å². The third-order valence-electron chi connectivity index (χ3n) is 5.55. The van der Waals surface area contributed by atoms with Crippen LogP contribution in [0.2, 0.25) is 0 Å².